The molecule has 1 aliphatic heterocycles. The van der Waals surface area contributed by atoms with Crippen molar-refractivity contribution in [2.45, 2.75) is 32.4 Å². The predicted octanol–water partition coefficient (Wildman–Crippen LogP) is 0.0507. The summed E-state index contributed by atoms with van der Waals surface area (Å²) < 4.78 is 0. The molecule has 0 aliphatic carbocycles. The maximum atomic E-state index is 11.1. The van der Waals surface area contributed by atoms with Crippen molar-refractivity contribution in [3.63, 3.8) is 0 Å². The number of hydrogen-bond acceptors (Lipinski definition) is 3. The number of nitrogens with one attached hydrogen (secondary N) is 2. The van der Waals surface area contributed by atoms with Gasteiger partial charge in [0.1, 0.15) is 0 Å². The molecule has 88 valence electrons. The zero-order valence-corrected chi connectivity index (χ0v) is 10.2. The Labute approximate surface area is 92.4 Å². The summed E-state index contributed by atoms with van der Waals surface area (Å²) in [6, 6.07) is 1.07. The maximum Gasteiger partial charge on any atom is 0.233 e. The molecule has 0 aromatic carbocycles. The zero-order chi connectivity index (χ0) is 11.4. The van der Waals surface area contributed by atoms with Gasteiger partial charge in [0.25, 0.3) is 0 Å². The summed E-state index contributed by atoms with van der Waals surface area (Å²) in [6.45, 7) is 6.01. The number of nitrogens with zero attached hydrogens (tertiary/aromatic N) is 1. The van der Waals surface area contributed by atoms with Crippen molar-refractivity contribution >= 4 is 5.91 Å². The van der Waals surface area contributed by atoms with Crippen LogP contribution in [0.1, 0.15) is 20.3 Å². The molecular weight excluding hydrogens is 190 g/mol. The molecule has 0 bridgehead atoms. The van der Waals surface area contributed by atoms with Crippen molar-refractivity contribution in [1.29, 1.82) is 0 Å². The van der Waals surface area contributed by atoms with E-state index in [0.717, 1.165) is 13.0 Å². The third-order valence-electron chi connectivity index (χ3n) is 3.41. The molecule has 15 heavy (non-hydrogen) atoms. The Bertz CT molecular complexity index is 220. The van der Waals surface area contributed by atoms with E-state index in [9.17, 15) is 4.79 Å². The minimum Gasteiger partial charge on any atom is -0.358 e. The first-order valence-corrected chi connectivity index (χ1v) is 5.68. The van der Waals surface area contributed by atoms with Crippen molar-refractivity contribution in [1.82, 2.24) is 15.5 Å². The second-order valence-corrected chi connectivity index (χ2v) is 4.66. The Hall–Kier alpha value is -0.610. The van der Waals surface area contributed by atoms with Crippen LogP contribution in [-0.4, -0.2) is 50.1 Å². The van der Waals surface area contributed by atoms with Crippen LogP contribution in [0.2, 0.25) is 0 Å². The van der Waals surface area contributed by atoms with Crippen molar-refractivity contribution in [3.05, 3.63) is 0 Å². The standard InChI is InChI=1S/C11H23N3O/c1-8-7-14(4)9(2)5-10(8)13-6-11(15)12-3/h8-10,13H,5-7H2,1-4H3,(H,12,15). The van der Waals surface area contributed by atoms with Gasteiger partial charge in [0.05, 0.1) is 6.54 Å². The fourth-order valence-corrected chi connectivity index (χ4v) is 2.14. The van der Waals surface area contributed by atoms with E-state index >= 15 is 0 Å². The van der Waals surface area contributed by atoms with Crippen LogP contribution in [0.3, 0.4) is 0 Å². The Morgan fingerprint density at radius 3 is 2.73 bits per heavy atom. The van der Waals surface area contributed by atoms with E-state index in [-0.39, 0.29) is 5.91 Å². The topological polar surface area (TPSA) is 44.4 Å². The van der Waals surface area contributed by atoms with Gasteiger partial charge in [0.2, 0.25) is 5.91 Å². The minimum atomic E-state index is 0.0637. The number of carbonyl (C=O) groups excluding carboxylic acids is 1. The van der Waals surface area contributed by atoms with Crippen LogP contribution in [-0.2, 0) is 4.79 Å². The highest BCUT2D eigenvalue weighted by Crippen LogP contribution is 2.20. The van der Waals surface area contributed by atoms with E-state index in [4.69, 9.17) is 0 Å². The fourth-order valence-electron chi connectivity index (χ4n) is 2.14. The first kappa shape index (κ1) is 12.5. The smallest absolute Gasteiger partial charge is 0.233 e. The highest BCUT2D eigenvalue weighted by Gasteiger charge is 2.28. The fraction of sp³-hybridized carbons (Fsp3) is 0.909. The number of carbonyl (C=O) groups is 1. The molecule has 0 spiro atoms. The maximum absolute atomic E-state index is 11.1. The second-order valence-electron chi connectivity index (χ2n) is 4.66. The van der Waals surface area contributed by atoms with Gasteiger partial charge in [0.15, 0.2) is 0 Å². The van der Waals surface area contributed by atoms with E-state index in [0.29, 0.717) is 24.5 Å². The van der Waals surface area contributed by atoms with Gasteiger partial charge >= 0.3 is 0 Å². The van der Waals surface area contributed by atoms with E-state index in [1.54, 1.807) is 7.05 Å². The number of likely N-dealkylation sites (N-methyl/N-ethyl adjacent to an activating group) is 1. The van der Waals surface area contributed by atoms with Crippen LogP contribution >= 0.6 is 0 Å². The highest BCUT2D eigenvalue weighted by atomic mass is 16.1. The van der Waals surface area contributed by atoms with Gasteiger partial charge in [-0.15, -0.1) is 0 Å². The Morgan fingerprint density at radius 2 is 2.13 bits per heavy atom. The van der Waals surface area contributed by atoms with Gasteiger partial charge in [-0.2, -0.15) is 0 Å². The molecule has 0 radical (unpaired) electrons. The number of rotatable bonds is 3. The lowest BCUT2D eigenvalue weighted by Gasteiger charge is -2.40. The van der Waals surface area contributed by atoms with Crippen LogP contribution in [0, 0.1) is 5.92 Å². The number of hydrogen-bond donors (Lipinski definition) is 2. The summed E-state index contributed by atoms with van der Waals surface area (Å²) in [7, 11) is 3.83. The molecule has 0 aromatic rings. The lowest BCUT2D eigenvalue weighted by molar-refractivity contribution is -0.120. The third-order valence-corrected chi connectivity index (χ3v) is 3.41. The number of piperidine rings is 1. The Morgan fingerprint density at radius 1 is 1.47 bits per heavy atom. The first-order chi connectivity index (χ1) is 7.04. The van der Waals surface area contributed by atoms with Crippen LogP contribution in [0.5, 0.6) is 0 Å². The normalized spacial score (nSPS) is 32.7. The van der Waals surface area contributed by atoms with Gasteiger partial charge < -0.3 is 15.5 Å². The van der Waals surface area contributed by atoms with Gasteiger partial charge in [-0.05, 0) is 26.3 Å². The molecule has 4 heteroatoms. The monoisotopic (exact) mass is 213 g/mol. The summed E-state index contributed by atoms with van der Waals surface area (Å²) >= 11 is 0. The molecule has 0 aromatic heterocycles. The zero-order valence-electron chi connectivity index (χ0n) is 10.2. The Balaban J connectivity index is 2.38. The van der Waals surface area contributed by atoms with Crippen LogP contribution in [0.15, 0.2) is 0 Å². The third kappa shape index (κ3) is 3.47. The summed E-state index contributed by atoms with van der Waals surface area (Å²) in [4.78, 5) is 13.5. The van der Waals surface area contributed by atoms with Gasteiger partial charge in [0, 0.05) is 25.7 Å². The summed E-state index contributed by atoms with van der Waals surface area (Å²) in [5, 5.41) is 5.96. The summed E-state index contributed by atoms with van der Waals surface area (Å²) in [5.41, 5.74) is 0. The van der Waals surface area contributed by atoms with Gasteiger partial charge in [-0.3, -0.25) is 4.79 Å². The van der Waals surface area contributed by atoms with Crippen molar-refractivity contribution in [2.24, 2.45) is 5.92 Å². The molecule has 1 fully saturated rings. The molecule has 1 amide bonds. The molecule has 1 heterocycles. The number of likely N-dealkylation sites (tertiary alicyclic amines) is 1. The van der Waals surface area contributed by atoms with Crippen LogP contribution < -0.4 is 10.6 Å². The summed E-state index contributed by atoms with van der Waals surface area (Å²) in [6.07, 6.45) is 1.12. The lowest BCUT2D eigenvalue weighted by atomic mass is 9.90. The molecule has 1 saturated heterocycles. The summed E-state index contributed by atoms with van der Waals surface area (Å²) in [5.74, 6) is 0.671. The molecular formula is C11H23N3O. The molecule has 0 saturated carbocycles. The van der Waals surface area contributed by atoms with Crippen molar-refractivity contribution in [2.75, 3.05) is 27.2 Å². The molecule has 3 unspecified atom stereocenters. The van der Waals surface area contributed by atoms with Crippen LogP contribution in [0.25, 0.3) is 0 Å². The van der Waals surface area contributed by atoms with Gasteiger partial charge in [-0.25, -0.2) is 0 Å². The van der Waals surface area contributed by atoms with Crippen molar-refractivity contribution in [3.8, 4) is 0 Å². The van der Waals surface area contributed by atoms with E-state index in [2.05, 4.69) is 36.4 Å². The van der Waals surface area contributed by atoms with Crippen molar-refractivity contribution < 1.29 is 4.79 Å². The van der Waals surface area contributed by atoms with E-state index in [1.165, 1.54) is 0 Å². The average Bonchev–Trinajstić information content (AvgIpc) is 2.21. The molecule has 3 atom stereocenters. The predicted molar refractivity (Wildman–Crippen MR) is 61.7 cm³/mol. The Kier molecular flexibility index (Phi) is 4.54. The van der Waals surface area contributed by atoms with E-state index < -0.39 is 0 Å². The molecule has 4 nitrogen and oxygen atoms in total. The minimum absolute atomic E-state index is 0.0637. The van der Waals surface area contributed by atoms with Crippen LogP contribution in [0.4, 0.5) is 0 Å². The number of amides is 1. The van der Waals surface area contributed by atoms with E-state index in [1.807, 2.05) is 0 Å². The quantitative estimate of drug-likeness (QED) is 0.696. The first-order valence-electron chi connectivity index (χ1n) is 5.68. The molecule has 2 N–H and O–H groups in total. The lowest BCUT2D eigenvalue weighted by Crippen LogP contribution is -2.52. The average molecular weight is 213 g/mol. The SMILES string of the molecule is CNC(=O)CNC1CC(C)N(C)CC1C. The van der Waals surface area contributed by atoms with Gasteiger partial charge in [-0.1, -0.05) is 6.92 Å². The molecule has 1 rings (SSSR count). The largest absolute Gasteiger partial charge is 0.358 e. The second kappa shape index (κ2) is 5.47. The molecule has 1 aliphatic rings. The highest BCUT2D eigenvalue weighted by molar-refractivity contribution is 5.77.